The Kier molecular flexibility index (Phi) is 8.66. The SMILES string of the molecule is CN1C(=O)[C@@]23C[C@]4(c5ccc(OCCCn6cc(CNC(=O)c7ccccc7)nn6)cc5)c5ccccc5N(S(=O)(=O)c5ccccc5)[C@@H]4N2C(=O)[C@@H]1SS3. The van der Waals surface area contributed by atoms with Gasteiger partial charge in [-0.1, -0.05) is 93.5 Å². The Hall–Kier alpha value is -5.32. The van der Waals surface area contributed by atoms with E-state index in [0.29, 0.717) is 42.3 Å². The van der Waals surface area contributed by atoms with Crippen LogP contribution in [0.15, 0.2) is 120 Å². The van der Waals surface area contributed by atoms with Crippen LogP contribution in [0.5, 0.6) is 5.75 Å². The van der Waals surface area contributed by atoms with Gasteiger partial charge in [-0.25, -0.2) is 12.7 Å². The number of nitrogens with zero attached hydrogens (tertiary/aromatic N) is 6. The molecule has 5 aliphatic rings. The lowest BCUT2D eigenvalue weighted by atomic mass is 9.72. The first-order valence-electron chi connectivity index (χ1n) is 17.7. The zero-order chi connectivity index (χ0) is 38.0. The molecule has 4 aromatic carbocycles. The van der Waals surface area contributed by atoms with Crippen LogP contribution < -0.4 is 14.4 Å². The number of piperazine rings is 1. The maximum Gasteiger partial charge on any atom is 0.266 e. The van der Waals surface area contributed by atoms with E-state index in [1.807, 2.05) is 54.6 Å². The third kappa shape index (κ3) is 5.52. The molecular weight excluding hydrogens is 759 g/mol. The quantitative estimate of drug-likeness (QED) is 0.149. The van der Waals surface area contributed by atoms with Crippen molar-refractivity contribution in [2.45, 2.75) is 52.7 Å². The summed E-state index contributed by atoms with van der Waals surface area (Å²) in [6, 6.07) is 32.1. The fraction of sp³-hybridized carbons (Fsp3) is 0.256. The number of hydrogen-bond donors (Lipinski definition) is 1. The van der Waals surface area contributed by atoms with Crippen LogP contribution in [-0.2, 0) is 38.1 Å². The molecule has 0 aliphatic carbocycles. The van der Waals surface area contributed by atoms with Crippen LogP contribution in [0.4, 0.5) is 5.69 Å². The van der Waals surface area contributed by atoms with Crippen molar-refractivity contribution in [1.29, 1.82) is 0 Å². The second-order valence-corrected chi connectivity index (χ2v) is 18.2. The van der Waals surface area contributed by atoms with Crippen molar-refractivity contribution >= 4 is 55.0 Å². The van der Waals surface area contributed by atoms with Crippen LogP contribution in [0, 0.1) is 0 Å². The molecule has 10 rings (SSSR count). The number of rotatable bonds is 11. The normalized spacial score (nSPS) is 23.8. The standard InChI is InChI=1S/C39H35N7O6S3/c1-43-35-34(48)45-36-38(25-39(45,37(43)49)54-53-35,31-15-8-9-16-32(31)46(36)55(50,51)30-13-6-3-7-14-30)27-17-19-29(20-18-27)52-22-10-21-44-24-28(41-42-44)23-40-33(47)26-11-4-2-5-12-26/h2-9,11-20,24,35-36H,10,21-23,25H2,1H3,(H,40,47)/t35-,36-,38-,39-/m0/s1. The third-order valence-corrected chi connectivity index (χ3v) is 15.7. The van der Waals surface area contributed by atoms with Crippen LogP contribution in [0.3, 0.4) is 0 Å². The third-order valence-electron chi connectivity index (χ3n) is 10.7. The summed E-state index contributed by atoms with van der Waals surface area (Å²) in [5, 5.41) is 10.4. The summed E-state index contributed by atoms with van der Waals surface area (Å²) in [6.07, 6.45) is 1.60. The van der Waals surface area contributed by atoms with Crippen LogP contribution >= 0.6 is 21.6 Å². The van der Waals surface area contributed by atoms with Gasteiger partial charge in [-0.15, -0.1) is 5.10 Å². The van der Waals surface area contributed by atoms with Gasteiger partial charge in [0.15, 0.2) is 10.2 Å². The van der Waals surface area contributed by atoms with Crippen molar-refractivity contribution in [3.05, 3.63) is 138 Å². The minimum absolute atomic E-state index is 0.0994. The molecule has 3 amide bonds. The predicted octanol–water partition coefficient (Wildman–Crippen LogP) is 4.62. The fourth-order valence-corrected chi connectivity index (χ4v) is 13.3. The molecule has 2 bridgehead atoms. The van der Waals surface area contributed by atoms with Crippen molar-refractivity contribution in [1.82, 2.24) is 30.1 Å². The molecule has 1 spiro atoms. The van der Waals surface area contributed by atoms with Gasteiger partial charge < -0.3 is 15.0 Å². The minimum Gasteiger partial charge on any atom is -0.494 e. The first-order chi connectivity index (χ1) is 26.6. The zero-order valence-corrected chi connectivity index (χ0v) is 32.0. The van der Waals surface area contributed by atoms with Crippen molar-refractivity contribution < 1.29 is 27.5 Å². The molecule has 13 nitrogen and oxygen atoms in total. The molecule has 16 heteroatoms. The largest absolute Gasteiger partial charge is 0.494 e. The summed E-state index contributed by atoms with van der Waals surface area (Å²) in [6.45, 7) is 1.20. The van der Waals surface area contributed by atoms with Gasteiger partial charge in [-0.3, -0.25) is 24.0 Å². The van der Waals surface area contributed by atoms with E-state index in [4.69, 9.17) is 4.74 Å². The number of aryl methyl sites for hydroxylation is 1. The monoisotopic (exact) mass is 793 g/mol. The Morgan fingerprint density at radius 1 is 0.945 bits per heavy atom. The second-order valence-electron chi connectivity index (χ2n) is 13.8. The Labute approximate surface area is 325 Å². The van der Waals surface area contributed by atoms with Gasteiger partial charge in [0.05, 0.1) is 35.3 Å². The molecule has 4 atom stereocenters. The molecule has 0 saturated carbocycles. The van der Waals surface area contributed by atoms with Gasteiger partial charge in [-0.05, 0) is 53.6 Å². The van der Waals surface area contributed by atoms with Crippen LogP contribution in [-0.4, -0.2) is 81.0 Å². The van der Waals surface area contributed by atoms with Gasteiger partial charge in [0.2, 0.25) is 0 Å². The van der Waals surface area contributed by atoms with E-state index in [1.54, 1.807) is 77.4 Å². The molecule has 0 unspecified atom stereocenters. The van der Waals surface area contributed by atoms with Gasteiger partial charge in [-0.2, -0.15) is 0 Å². The minimum atomic E-state index is -4.20. The Morgan fingerprint density at radius 2 is 1.65 bits per heavy atom. The summed E-state index contributed by atoms with van der Waals surface area (Å²) >= 11 is 0. The Morgan fingerprint density at radius 3 is 2.42 bits per heavy atom. The molecule has 1 N–H and O–H groups in total. The highest BCUT2D eigenvalue weighted by Crippen LogP contribution is 2.69. The average molecular weight is 794 g/mol. The number of likely N-dealkylation sites (N-methyl/N-ethyl adjacent to an activating group) is 1. The van der Waals surface area contributed by atoms with Gasteiger partial charge >= 0.3 is 0 Å². The van der Waals surface area contributed by atoms with Crippen LogP contribution in [0.1, 0.15) is 40.0 Å². The van der Waals surface area contributed by atoms with E-state index in [9.17, 15) is 22.8 Å². The molecule has 0 radical (unpaired) electrons. The molecule has 280 valence electrons. The van der Waals surface area contributed by atoms with E-state index in [2.05, 4.69) is 15.6 Å². The lowest BCUT2D eigenvalue weighted by Gasteiger charge is -2.53. The van der Waals surface area contributed by atoms with E-state index < -0.39 is 31.8 Å². The number of benzene rings is 4. The molecule has 5 aromatic rings. The molecular formula is C39H35N7O6S3. The number of amides is 3. The summed E-state index contributed by atoms with van der Waals surface area (Å²) < 4.78 is 38.6. The summed E-state index contributed by atoms with van der Waals surface area (Å²) in [7, 11) is 0.150. The lowest BCUT2D eigenvalue weighted by molar-refractivity contribution is -0.158. The van der Waals surface area contributed by atoms with E-state index in [0.717, 1.165) is 11.1 Å². The van der Waals surface area contributed by atoms with Gasteiger partial charge in [0.1, 0.15) is 17.6 Å². The van der Waals surface area contributed by atoms with E-state index >= 15 is 0 Å². The van der Waals surface area contributed by atoms with Gasteiger partial charge in [0.25, 0.3) is 27.7 Å². The number of fused-ring (bicyclic) bond motifs is 5. The number of aromatic nitrogens is 3. The molecule has 1 aromatic heterocycles. The molecule has 55 heavy (non-hydrogen) atoms. The lowest BCUT2D eigenvalue weighted by Crippen LogP contribution is -2.72. The fourth-order valence-electron chi connectivity index (χ4n) is 8.20. The number of hydrogen-bond acceptors (Lipinski definition) is 10. The number of nitrogens with one attached hydrogen (secondary N) is 1. The molecule has 5 aliphatic heterocycles. The Bertz CT molecular complexity index is 2420. The number of sulfonamides is 1. The number of ether oxygens (including phenoxy) is 1. The Balaban J connectivity index is 0.967. The van der Waals surface area contributed by atoms with Crippen molar-refractivity contribution in [2.75, 3.05) is 18.0 Å². The van der Waals surface area contributed by atoms with Crippen LogP contribution in [0.25, 0.3) is 0 Å². The van der Waals surface area contributed by atoms with Crippen LogP contribution in [0.2, 0.25) is 0 Å². The molecule has 6 heterocycles. The topological polar surface area (TPSA) is 147 Å². The first kappa shape index (κ1) is 35.4. The smallest absolute Gasteiger partial charge is 0.266 e. The van der Waals surface area contributed by atoms with E-state index in [-0.39, 0.29) is 35.6 Å². The van der Waals surface area contributed by atoms with Gasteiger partial charge in [0, 0.05) is 32.0 Å². The summed E-state index contributed by atoms with van der Waals surface area (Å²) in [5.41, 5.74) is 2.15. The summed E-state index contributed by atoms with van der Waals surface area (Å²) in [4.78, 5) is 42.7. The maximum absolute atomic E-state index is 14.7. The maximum atomic E-state index is 14.7. The average Bonchev–Trinajstić information content (AvgIpc) is 3.88. The van der Waals surface area contributed by atoms with E-state index in [1.165, 1.54) is 30.8 Å². The highest BCUT2D eigenvalue weighted by Gasteiger charge is 2.77. The number of carbonyl (C=O) groups is 3. The summed E-state index contributed by atoms with van der Waals surface area (Å²) in [5.74, 6) is -0.0541. The first-order valence-corrected chi connectivity index (χ1v) is 21.4. The van der Waals surface area contributed by atoms with Crippen molar-refractivity contribution in [3.8, 4) is 5.75 Å². The number of anilines is 1. The van der Waals surface area contributed by atoms with Crippen molar-refractivity contribution in [2.24, 2.45) is 0 Å². The molecule has 4 fully saturated rings. The predicted molar refractivity (Wildman–Crippen MR) is 207 cm³/mol. The zero-order valence-electron chi connectivity index (χ0n) is 29.5. The van der Waals surface area contributed by atoms with Crippen molar-refractivity contribution in [3.63, 3.8) is 0 Å². The number of carbonyl (C=O) groups excluding carboxylic acids is 3. The highest BCUT2D eigenvalue weighted by molar-refractivity contribution is 8.78. The molecule has 4 saturated heterocycles. The second kappa shape index (κ2) is 13.5. The number of para-hydroxylation sites is 1. The highest BCUT2D eigenvalue weighted by atomic mass is 33.1.